The van der Waals surface area contributed by atoms with Crippen LogP contribution in [0.3, 0.4) is 0 Å². The third-order valence-electron chi connectivity index (χ3n) is 2.71. The molecule has 0 bridgehead atoms. The molecule has 0 aliphatic rings. The predicted molar refractivity (Wildman–Crippen MR) is 76.1 cm³/mol. The number of anilines is 1. The van der Waals surface area contributed by atoms with Crippen molar-refractivity contribution in [3.05, 3.63) is 64.2 Å². The summed E-state index contributed by atoms with van der Waals surface area (Å²) in [5.74, 6) is -0.897. The zero-order valence-corrected chi connectivity index (χ0v) is 11.6. The molecule has 0 aromatic heterocycles. The van der Waals surface area contributed by atoms with Gasteiger partial charge in [-0.25, -0.2) is 8.78 Å². The highest BCUT2D eigenvalue weighted by Gasteiger charge is 2.04. The largest absolute Gasteiger partial charge is 0.399 e. The number of aryl methyl sites for hydroxylation is 2. The van der Waals surface area contributed by atoms with Gasteiger partial charge in [-0.2, -0.15) is 10.5 Å². The Morgan fingerprint density at radius 2 is 1.48 bits per heavy atom. The van der Waals surface area contributed by atoms with E-state index in [9.17, 15) is 8.78 Å². The number of hydrogen-bond acceptors (Lipinski definition) is 3. The van der Waals surface area contributed by atoms with Crippen molar-refractivity contribution in [1.29, 1.82) is 10.5 Å². The van der Waals surface area contributed by atoms with Gasteiger partial charge >= 0.3 is 0 Å². The Morgan fingerprint density at radius 3 is 2.00 bits per heavy atom. The molecule has 2 N–H and O–H groups in total. The van der Waals surface area contributed by atoms with Gasteiger partial charge in [0.15, 0.2) is 0 Å². The zero-order valence-electron chi connectivity index (χ0n) is 11.6. The lowest BCUT2D eigenvalue weighted by Gasteiger charge is -1.99. The average molecular weight is 285 g/mol. The summed E-state index contributed by atoms with van der Waals surface area (Å²) in [6.07, 6.45) is 0. The Labute approximate surface area is 121 Å². The van der Waals surface area contributed by atoms with E-state index in [1.807, 2.05) is 0 Å². The highest BCUT2D eigenvalue weighted by atomic mass is 19.1. The van der Waals surface area contributed by atoms with Crippen LogP contribution >= 0.6 is 0 Å². The number of benzene rings is 2. The Bertz CT molecular complexity index is 740. The molecule has 106 valence electrons. The maximum Gasteiger partial charge on any atom is 0.144 e. The molecule has 5 heteroatoms. The molecular formula is C16H13F2N3. The smallest absolute Gasteiger partial charge is 0.144 e. The first kappa shape index (κ1) is 16.1. The fourth-order valence-corrected chi connectivity index (χ4v) is 1.61. The second-order valence-electron chi connectivity index (χ2n) is 4.36. The van der Waals surface area contributed by atoms with Gasteiger partial charge in [0.05, 0.1) is 11.1 Å². The van der Waals surface area contributed by atoms with Crippen molar-refractivity contribution in [3.8, 4) is 12.1 Å². The normalized spacial score (nSPS) is 9.05. The number of nitrogens with zero attached hydrogens (tertiary/aromatic N) is 2. The third-order valence-corrected chi connectivity index (χ3v) is 2.71. The number of hydrogen-bond donors (Lipinski definition) is 1. The standard InChI is InChI=1S/C8H7FN2.C8H6FN/c1-5-2-7(11)3-6(4-10)8(5)9;1-6-3-2-4-7(5-10)8(6)9/h2-3H,11H2,1H3;2-4H,1H3. The van der Waals surface area contributed by atoms with Crippen LogP contribution in [-0.2, 0) is 0 Å². The second kappa shape index (κ2) is 7.02. The van der Waals surface area contributed by atoms with Gasteiger partial charge in [0.25, 0.3) is 0 Å². The van der Waals surface area contributed by atoms with Crippen LogP contribution in [0.25, 0.3) is 0 Å². The van der Waals surface area contributed by atoms with Gasteiger partial charge in [-0.1, -0.05) is 12.1 Å². The molecule has 2 aromatic rings. The van der Waals surface area contributed by atoms with E-state index < -0.39 is 11.6 Å². The van der Waals surface area contributed by atoms with E-state index in [0.717, 1.165) is 0 Å². The first-order valence-corrected chi connectivity index (χ1v) is 6.01. The van der Waals surface area contributed by atoms with Crippen LogP contribution in [0.5, 0.6) is 0 Å². The molecule has 3 nitrogen and oxygen atoms in total. The lowest BCUT2D eigenvalue weighted by atomic mass is 10.1. The molecule has 2 aromatic carbocycles. The summed E-state index contributed by atoms with van der Waals surface area (Å²) in [7, 11) is 0. The molecule has 0 unspecified atom stereocenters. The van der Waals surface area contributed by atoms with Crippen molar-refractivity contribution in [2.45, 2.75) is 13.8 Å². The van der Waals surface area contributed by atoms with Crippen LogP contribution in [0.2, 0.25) is 0 Å². The predicted octanol–water partition coefficient (Wildman–Crippen LogP) is 3.59. The van der Waals surface area contributed by atoms with Crippen LogP contribution in [0, 0.1) is 48.1 Å². The number of halogens is 2. The number of nitriles is 2. The minimum Gasteiger partial charge on any atom is -0.399 e. The maximum absolute atomic E-state index is 12.9. The molecule has 0 aliphatic heterocycles. The number of nitrogens with two attached hydrogens (primary N) is 1. The second-order valence-corrected chi connectivity index (χ2v) is 4.36. The topological polar surface area (TPSA) is 73.6 Å². The van der Waals surface area contributed by atoms with E-state index >= 15 is 0 Å². The van der Waals surface area contributed by atoms with E-state index in [1.165, 1.54) is 18.2 Å². The summed E-state index contributed by atoms with van der Waals surface area (Å²) in [5.41, 5.74) is 6.83. The minimum atomic E-state index is -0.485. The summed E-state index contributed by atoms with van der Waals surface area (Å²) in [5, 5.41) is 16.8. The Kier molecular flexibility index (Phi) is 5.39. The van der Waals surface area contributed by atoms with Gasteiger partial charge in [0.2, 0.25) is 0 Å². The van der Waals surface area contributed by atoms with Crippen molar-refractivity contribution in [1.82, 2.24) is 0 Å². The summed E-state index contributed by atoms with van der Waals surface area (Å²) < 4.78 is 25.7. The van der Waals surface area contributed by atoms with Crippen LogP contribution < -0.4 is 5.73 Å². The molecule has 0 aliphatic carbocycles. The van der Waals surface area contributed by atoms with Crippen LogP contribution in [-0.4, -0.2) is 0 Å². The first-order valence-electron chi connectivity index (χ1n) is 6.01. The van der Waals surface area contributed by atoms with Gasteiger partial charge in [-0.3, -0.25) is 0 Å². The summed E-state index contributed by atoms with van der Waals surface area (Å²) in [6, 6.07) is 11.1. The van der Waals surface area contributed by atoms with Gasteiger partial charge < -0.3 is 5.73 Å². The molecule has 0 fully saturated rings. The van der Waals surface area contributed by atoms with Crippen LogP contribution in [0.15, 0.2) is 30.3 Å². The van der Waals surface area contributed by atoms with Crippen molar-refractivity contribution >= 4 is 5.69 Å². The molecule has 0 spiro atoms. The monoisotopic (exact) mass is 285 g/mol. The maximum atomic E-state index is 12.9. The Balaban J connectivity index is 0.000000211. The molecule has 0 amide bonds. The van der Waals surface area contributed by atoms with E-state index in [2.05, 4.69) is 0 Å². The van der Waals surface area contributed by atoms with E-state index in [-0.39, 0.29) is 11.1 Å². The molecule has 0 radical (unpaired) electrons. The quantitative estimate of drug-likeness (QED) is 0.752. The highest BCUT2D eigenvalue weighted by Crippen LogP contribution is 2.15. The summed E-state index contributed by atoms with van der Waals surface area (Å²) in [4.78, 5) is 0. The average Bonchev–Trinajstić information content (AvgIpc) is 2.46. The van der Waals surface area contributed by atoms with Crippen molar-refractivity contribution in [3.63, 3.8) is 0 Å². The van der Waals surface area contributed by atoms with Crippen molar-refractivity contribution < 1.29 is 8.78 Å². The molecule has 0 saturated heterocycles. The Morgan fingerprint density at radius 1 is 0.905 bits per heavy atom. The van der Waals surface area contributed by atoms with Crippen LogP contribution in [0.4, 0.5) is 14.5 Å². The molecule has 2 rings (SSSR count). The summed E-state index contributed by atoms with van der Waals surface area (Å²) in [6.45, 7) is 3.21. The number of rotatable bonds is 0. The van der Waals surface area contributed by atoms with Crippen LogP contribution in [0.1, 0.15) is 22.3 Å². The van der Waals surface area contributed by atoms with E-state index in [4.69, 9.17) is 16.3 Å². The van der Waals surface area contributed by atoms with Gasteiger partial charge in [-0.15, -0.1) is 0 Å². The van der Waals surface area contributed by atoms with Crippen molar-refractivity contribution in [2.75, 3.05) is 5.73 Å². The van der Waals surface area contributed by atoms with E-state index in [0.29, 0.717) is 16.8 Å². The first-order chi connectivity index (χ1) is 9.90. The van der Waals surface area contributed by atoms with Gasteiger partial charge in [0.1, 0.15) is 23.8 Å². The SMILES string of the molecule is Cc1cc(N)cc(C#N)c1F.Cc1cccc(C#N)c1F. The van der Waals surface area contributed by atoms with Crippen molar-refractivity contribution in [2.24, 2.45) is 0 Å². The summed E-state index contributed by atoms with van der Waals surface area (Å²) >= 11 is 0. The molecular weight excluding hydrogens is 272 g/mol. The van der Waals surface area contributed by atoms with E-state index in [1.54, 1.807) is 38.1 Å². The molecule has 21 heavy (non-hydrogen) atoms. The fraction of sp³-hybridized carbons (Fsp3) is 0.125. The minimum absolute atomic E-state index is 0.00231. The molecule has 0 heterocycles. The third kappa shape index (κ3) is 4.02. The van der Waals surface area contributed by atoms with Gasteiger partial charge in [-0.05, 0) is 43.2 Å². The molecule has 0 saturated carbocycles. The highest BCUT2D eigenvalue weighted by molar-refractivity contribution is 5.49. The zero-order chi connectivity index (χ0) is 16.0. The number of nitrogen functional groups attached to an aromatic ring is 1. The lowest BCUT2D eigenvalue weighted by molar-refractivity contribution is 0.614. The van der Waals surface area contributed by atoms with Gasteiger partial charge in [0, 0.05) is 5.69 Å². The fourth-order valence-electron chi connectivity index (χ4n) is 1.61. The molecule has 0 atom stereocenters. The Hall–Kier alpha value is -2.92. The lowest BCUT2D eigenvalue weighted by Crippen LogP contribution is -1.93.